The Morgan fingerprint density at radius 1 is 1.22 bits per heavy atom. The summed E-state index contributed by atoms with van der Waals surface area (Å²) in [6.45, 7) is 10.6. The third kappa shape index (κ3) is 1.83. The van der Waals surface area contributed by atoms with E-state index in [0.29, 0.717) is 5.41 Å². The third-order valence-corrected chi connectivity index (χ3v) is 4.39. The van der Waals surface area contributed by atoms with E-state index in [9.17, 15) is 0 Å². The summed E-state index contributed by atoms with van der Waals surface area (Å²) < 4.78 is 5.31. The second-order valence-electron chi connectivity index (χ2n) is 6.74. The van der Waals surface area contributed by atoms with Gasteiger partial charge in [-0.25, -0.2) is 0 Å². The molecule has 0 radical (unpaired) electrons. The monoisotopic (exact) mass is 265 g/mol. The zero-order valence-corrected chi connectivity index (χ0v) is 12.0. The summed E-state index contributed by atoms with van der Waals surface area (Å²) >= 11 is 6.58. The van der Waals surface area contributed by atoms with Gasteiger partial charge in [0.25, 0.3) is 0 Å². The molecular formula is C15H20ClNO. The van der Waals surface area contributed by atoms with Crippen LogP contribution in [0.2, 0.25) is 5.02 Å². The van der Waals surface area contributed by atoms with Gasteiger partial charge in [-0.05, 0) is 17.0 Å². The van der Waals surface area contributed by atoms with E-state index in [1.165, 1.54) is 11.3 Å². The van der Waals surface area contributed by atoms with E-state index in [0.717, 1.165) is 31.3 Å². The molecule has 2 aliphatic heterocycles. The third-order valence-electron chi connectivity index (χ3n) is 4.00. The molecule has 18 heavy (non-hydrogen) atoms. The fraction of sp³-hybridized carbons (Fsp3) is 0.600. The Balaban J connectivity index is 1.85. The van der Waals surface area contributed by atoms with E-state index in [4.69, 9.17) is 16.3 Å². The predicted octanol–water partition coefficient (Wildman–Crippen LogP) is 3.47. The van der Waals surface area contributed by atoms with Gasteiger partial charge < -0.3 is 9.64 Å². The minimum Gasteiger partial charge on any atom is -0.380 e. The Morgan fingerprint density at radius 2 is 1.89 bits per heavy atom. The summed E-state index contributed by atoms with van der Waals surface area (Å²) in [5.74, 6) is 0. The lowest BCUT2D eigenvalue weighted by Gasteiger charge is -2.56. The fourth-order valence-corrected chi connectivity index (χ4v) is 3.38. The zero-order valence-electron chi connectivity index (χ0n) is 11.3. The molecule has 2 nitrogen and oxygen atoms in total. The summed E-state index contributed by atoms with van der Waals surface area (Å²) in [6.07, 6.45) is 0. The average molecular weight is 266 g/mol. The lowest BCUT2D eigenvalue weighted by atomic mass is 9.77. The number of halogens is 1. The molecule has 0 saturated carbocycles. The van der Waals surface area contributed by atoms with Crippen LogP contribution in [0.1, 0.15) is 26.3 Å². The highest BCUT2D eigenvalue weighted by Crippen LogP contribution is 2.44. The summed E-state index contributed by atoms with van der Waals surface area (Å²) in [5.41, 5.74) is 2.94. The van der Waals surface area contributed by atoms with Crippen molar-refractivity contribution in [3.05, 3.63) is 28.8 Å². The summed E-state index contributed by atoms with van der Waals surface area (Å²) in [4.78, 5) is 2.38. The number of ether oxygens (including phenoxy) is 1. The topological polar surface area (TPSA) is 12.5 Å². The fourth-order valence-electron chi connectivity index (χ4n) is 2.85. The maximum atomic E-state index is 6.58. The van der Waals surface area contributed by atoms with Crippen molar-refractivity contribution in [2.75, 3.05) is 31.2 Å². The van der Waals surface area contributed by atoms with Gasteiger partial charge in [0.2, 0.25) is 0 Å². The lowest BCUT2D eigenvalue weighted by Crippen LogP contribution is -2.66. The second kappa shape index (κ2) is 3.88. The molecule has 2 aliphatic rings. The molecule has 0 aromatic heterocycles. The second-order valence-corrected chi connectivity index (χ2v) is 7.12. The number of anilines is 1. The van der Waals surface area contributed by atoms with E-state index in [-0.39, 0.29) is 5.41 Å². The Kier molecular flexibility index (Phi) is 2.65. The first-order valence-corrected chi connectivity index (χ1v) is 6.91. The number of benzene rings is 1. The molecule has 0 N–H and O–H groups in total. The summed E-state index contributed by atoms with van der Waals surface area (Å²) in [7, 11) is 0. The molecule has 2 saturated heterocycles. The van der Waals surface area contributed by atoms with Crippen LogP contribution in [0, 0.1) is 5.41 Å². The molecule has 98 valence electrons. The minimum absolute atomic E-state index is 0.0925. The van der Waals surface area contributed by atoms with Crippen LogP contribution in [0.15, 0.2) is 18.2 Å². The van der Waals surface area contributed by atoms with Gasteiger partial charge in [0.05, 0.1) is 29.3 Å². The maximum Gasteiger partial charge on any atom is 0.0676 e. The van der Waals surface area contributed by atoms with E-state index in [1.54, 1.807) is 0 Å². The van der Waals surface area contributed by atoms with Gasteiger partial charge in [-0.15, -0.1) is 0 Å². The number of rotatable bonds is 1. The van der Waals surface area contributed by atoms with Gasteiger partial charge in [-0.1, -0.05) is 44.5 Å². The van der Waals surface area contributed by atoms with Crippen molar-refractivity contribution in [3.8, 4) is 0 Å². The van der Waals surface area contributed by atoms with Gasteiger partial charge in [-0.3, -0.25) is 0 Å². The molecule has 1 aromatic rings. The standard InChI is InChI=1S/C15H20ClNO/c1-14(2,3)11-5-4-6-12(13(11)16)17-7-15(8-17)9-18-10-15/h4-6H,7-10H2,1-3H3. The Morgan fingerprint density at radius 3 is 2.39 bits per heavy atom. The quantitative estimate of drug-likeness (QED) is 0.771. The molecule has 0 amide bonds. The van der Waals surface area contributed by atoms with Gasteiger partial charge in [0, 0.05) is 13.1 Å². The highest BCUT2D eigenvalue weighted by molar-refractivity contribution is 6.34. The van der Waals surface area contributed by atoms with E-state index >= 15 is 0 Å². The first kappa shape index (κ1) is 12.3. The smallest absolute Gasteiger partial charge is 0.0676 e. The number of nitrogens with zero attached hydrogens (tertiary/aromatic N) is 1. The van der Waals surface area contributed by atoms with E-state index in [1.807, 2.05) is 0 Å². The first-order chi connectivity index (χ1) is 8.41. The maximum absolute atomic E-state index is 6.58. The largest absolute Gasteiger partial charge is 0.380 e. The molecule has 0 bridgehead atoms. The zero-order chi connectivity index (χ0) is 13.0. The summed E-state index contributed by atoms with van der Waals surface area (Å²) in [6, 6.07) is 6.38. The van der Waals surface area contributed by atoms with Crippen molar-refractivity contribution in [3.63, 3.8) is 0 Å². The molecule has 2 fully saturated rings. The van der Waals surface area contributed by atoms with Crippen LogP contribution in [-0.4, -0.2) is 26.3 Å². The number of hydrogen-bond donors (Lipinski definition) is 0. The van der Waals surface area contributed by atoms with Crippen molar-refractivity contribution in [1.29, 1.82) is 0 Å². The van der Waals surface area contributed by atoms with Crippen LogP contribution >= 0.6 is 11.6 Å². The van der Waals surface area contributed by atoms with Crippen LogP contribution in [0.25, 0.3) is 0 Å². The van der Waals surface area contributed by atoms with Crippen LogP contribution < -0.4 is 4.90 Å². The Labute approximate surface area is 114 Å². The molecule has 1 aromatic carbocycles. The van der Waals surface area contributed by atoms with Gasteiger partial charge in [-0.2, -0.15) is 0 Å². The summed E-state index contributed by atoms with van der Waals surface area (Å²) in [5, 5.41) is 0.917. The average Bonchev–Trinajstić information content (AvgIpc) is 2.14. The highest BCUT2D eigenvalue weighted by Gasteiger charge is 2.49. The molecule has 1 spiro atoms. The molecular weight excluding hydrogens is 246 g/mol. The normalized spacial score (nSPS) is 21.7. The van der Waals surface area contributed by atoms with Crippen molar-refractivity contribution in [2.24, 2.45) is 5.41 Å². The van der Waals surface area contributed by atoms with E-state index < -0.39 is 0 Å². The van der Waals surface area contributed by atoms with Gasteiger partial charge in [0.1, 0.15) is 0 Å². The van der Waals surface area contributed by atoms with Crippen molar-refractivity contribution in [2.45, 2.75) is 26.2 Å². The molecule has 0 atom stereocenters. The molecule has 3 heteroatoms. The molecule has 0 aliphatic carbocycles. The Hall–Kier alpha value is -0.730. The predicted molar refractivity (Wildman–Crippen MR) is 75.6 cm³/mol. The Bertz CT molecular complexity index is 466. The first-order valence-electron chi connectivity index (χ1n) is 6.53. The van der Waals surface area contributed by atoms with Crippen molar-refractivity contribution < 1.29 is 4.74 Å². The van der Waals surface area contributed by atoms with Crippen molar-refractivity contribution >= 4 is 17.3 Å². The molecule has 3 rings (SSSR count). The van der Waals surface area contributed by atoms with E-state index in [2.05, 4.69) is 43.9 Å². The molecule has 0 unspecified atom stereocenters. The van der Waals surface area contributed by atoms with Crippen LogP contribution in [0.5, 0.6) is 0 Å². The van der Waals surface area contributed by atoms with Crippen molar-refractivity contribution in [1.82, 2.24) is 0 Å². The van der Waals surface area contributed by atoms with Gasteiger partial charge in [0.15, 0.2) is 0 Å². The van der Waals surface area contributed by atoms with Crippen LogP contribution in [-0.2, 0) is 10.2 Å². The van der Waals surface area contributed by atoms with Gasteiger partial charge >= 0.3 is 0 Å². The lowest BCUT2D eigenvalue weighted by molar-refractivity contribution is -0.127. The van der Waals surface area contributed by atoms with Crippen LogP contribution in [0.4, 0.5) is 5.69 Å². The highest BCUT2D eigenvalue weighted by atomic mass is 35.5. The minimum atomic E-state index is 0.0925. The SMILES string of the molecule is CC(C)(C)c1cccc(N2CC3(COC3)C2)c1Cl. The molecule has 2 heterocycles. The van der Waals surface area contributed by atoms with Crippen LogP contribution in [0.3, 0.4) is 0 Å². The number of hydrogen-bond acceptors (Lipinski definition) is 2.